The van der Waals surface area contributed by atoms with E-state index in [0.717, 1.165) is 22.4 Å². The molecular weight excluding hydrogens is 372 g/mol. The predicted octanol–water partition coefficient (Wildman–Crippen LogP) is 3.55. The van der Waals surface area contributed by atoms with Gasteiger partial charge in [0.25, 0.3) is 0 Å². The van der Waals surface area contributed by atoms with E-state index < -0.39 is 18.4 Å². The van der Waals surface area contributed by atoms with Gasteiger partial charge in [-0.15, -0.1) is 0 Å². The Kier molecular flexibility index (Phi) is 7.25. The summed E-state index contributed by atoms with van der Waals surface area (Å²) in [4.78, 5) is 12.5. The van der Waals surface area contributed by atoms with Crippen LogP contribution in [0.4, 0.5) is 0 Å². The SMILES string of the molecule is COC1CC(O)CC(COC(=O)c2cc(C)c(OCc3ccccc3)c(C)c2)O1. The van der Waals surface area contributed by atoms with Crippen LogP contribution in [0.15, 0.2) is 42.5 Å². The van der Waals surface area contributed by atoms with Crippen LogP contribution < -0.4 is 4.74 Å². The molecule has 0 saturated carbocycles. The third-order valence-electron chi connectivity index (χ3n) is 4.93. The lowest BCUT2D eigenvalue weighted by molar-refractivity contribution is -0.210. The first-order valence-electron chi connectivity index (χ1n) is 9.77. The second-order valence-corrected chi connectivity index (χ2v) is 7.36. The Balaban J connectivity index is 1.59. The summed E-state index contributed by atoms with van der Waals surface area (Å²) in [7, 11) is 1.53. The highest BCUT2D eigenvalue weighted by Crippen LogP contribution is 2.27. The zero-order valence-corrected chi connectivity index (χ0v) is 17.1. The fourth-order valence-corrected chi connectivity index (χ4v) is 3.48. The molecule has 0 bridgehead atoms. The fraction of sp³-hybridized carbons (Fsp3) is 0.435. The Morgan fingerprint density at radius 3 is 2.48 bits per heavy atom. The van der Waals surface area contributed by atoms with Gasteiger partial charge in [0.2, 0.25) is 0 Å². The number of methoxy groups -OCH3 is 1. The zero-order chi connectivity index (χ0) is 20.8. The molecule has 0 aliphatic carbocycles. The van der Waals surface area contributed by atoms with Crippen molar-refractivity contribution in [1.29, 1.82) is 0 Å². The molecule has 6 heteroatoms. The molecule has 0 amide bonds. The molecular formula is C23H28O6. The average Bonchev–Trinajstić information content (AvgIpc) is 2.71. The number of rotatable bonds is 7. The quantitative estimate of drug-likeness (QED) is 0.717. The zero-order valence-electron chi connectivity index (χ0n) is 17.1. The van der Waals surface area contributed by atoms with Gasteiger partial charge in [0, 0.05) is 20.0 Å². The van der Waals surface area contributed by atoms with Crippen molar-refractivity contribution in [2.75, 3.05) is 13.7 Å². The average molecular weight is 400 g/mol. The van der Waals surface area contributed by atoms with Crippen LogP contribution in [0.3, 0.4) is 0 Å². The minimum atomic E-state index is -0.525. The lowest BCUT2D eigenvalue weighted by Crippen LogP contribution is -2.39. The monoisotopic (exact) mass is 400 g/mol. The number of esters is 1. The molecule has 1 fully saturated rings. The second-order valence-electron chi connectivity index (χ2n) is 7.36. The number of aryl methyl sites for hydroxylation is 2. The van der Waals surface area contributed by atoms with E-state index in [1.165, 1.54) is 7.11 Å². The smallest absolute Gasteiger partial charge is 0.338 e. The number of benzene rings is 2. The van der Waals surface area contributed by atoms with Gasteiger partial charge in [-0.2, -0.15) is 0 Å². The van der Waals surface area contributed by atoms with E-state index in [1.54, 1.807) is 12.1 Å². The maximum Gasteiger partial charge on any atom is 0.338 e. The standard InChI is InChI=1S/C23H28O6/c1-15-9-18(10-16(2)22(15)27-13-17-7-5-4-6-8-17)23(25)28-14-20-11-19(24)12-21(26-3)29-20/h4-10,19-21,24H,11-14H2,1-3H3. The van der Waals surface area contributed by atoms with Crippen molar-refractivity contribution in [1.82, 2.24) is 0 Å². The molecule has 0 aromatic heterocycles. The van der Waals surface area contributed by atoms with E-state index in [1.807, 2.05) is 44.2 Å². The third-order valence-corrected chi connectivity index (χ3v) is 4.93. The van der Waals surface area contributed by atoms with E-state index in [9.17, 15) is 9.90 Å². The van der Waals surface area contributed by atoms with Crippen molar-refractivity contribution in [2.45, 2.75) is 51.8 Å². The van der Waals surface area contributed by atoms with Gasteiger partial charge in [0.1, 0.15) is 19.0 Å². The lowest BCUT2D eigenvalue weighted by atomic mass is 10.0. The highest BCUT2D eigenvalue weighted by molar-refractivity contribution is 5.90. The molecule has 6 nitrogen and oxygen atoms in total. The summed E-state index contributed by atoms with van der Waals surface area (Å²) >= 11 is 0. The Hall–Kier alpha value is -2.41. The van der Waals surface area contributed by atoms with Crippen LogP contribution in [-0.2, 0) is 20.8 Å². The Morgan fingerprint density at radius 1 is 1.14 bits per heavy atom. The summed E-state index contributed by atoms with van der Waals surface area (Å²) in [6, 6.07) is 13.5. The maximum atomic E-state index is 12.5. The van der Waals surface area contributed by atoms with Gasteiger partial charge in [-0.25, -0.2) is 4.79 Å². The number of carbonyl (C=O) groups excluding carboxylic acids is 1. The normalized spacial score (nSPS) is 21.6. The second kappa shape index (κ2) is 9.87. The van der Waals surface area contributed by atoms with Gasteiger partial charge >= 0.3 is 5.97 Å². The number of carbonyl (C=O) groups is 1. The summed E-state index contributed by atoms with van der Waals surface area (Å²) in [5.41, 5.74) is 3.29. The van der Waals surface area contributed by atoms with Crippen molar-refractivity contribution in [3.05, 3.63) is 64.7 Å². The minimum absolute atomic E-state index is 0.0696. The van der Waals surface area contributed by atoms with Crippen molar-refractivity contribution < 1.29 is 28.8 Å². The van der Waals surface area contributed by atoms with Crippen LogP contribution in [-0.4, -0.2) is 43.3 Å². The van der Waals surface area contributed by atoms with Crippen molar-refractivity contribution >= 4 is 5.97 Å². The van der Waals surface area contributed by atoms with Crippen molar-refractivity contribution in [2.24, 2.45) is 0 Å². The van der Waals surface area contributed by atoms with Crippen LogP contribution in [0.1, 0.15) is 39.9 Å². The molecule has 1 aliphatic heterocycles. The summed E-state index contributed by atoms with van der Waals surface area (Å²) in [5, 5.41) is 9.89. The highest BCUT2D eigenvalue weighted by atomic mass is 16.7. The summed E-state index contributed by atoms with van der Waals surface area (Å²) in [5.74, 6) is 0.343. The van der Waals surface area contributed by atoms with Crippen LogP contribution in [0.5, 0.6) is 5.75 Å². The number of aliphatic hydroxyl groups is 1. The first-order chi connectivity index (χ1) is 14.0. The van der Waals surface area contributed by atoms with Crippen molar-refractivity contribution in [3.8, 4) is 5.75 Å². The van der Waals surface area contributed by atoms with E-state index in [-0.39, 0.29) is 12.7 Å². The topological polar surface area (TPSA) is 74.2 Å². The van der Waals surface area contributed by atoms with Gasteiger partial charge < -0.3 is 24.1 Å². The maximum absolute atomic E-state index is 12.5. The van der Waals surface area contributed by atoms with Crippen LogP contribution >= 0.6 is 0 Å². The minimum Gasteiger partial charge on any atom is -0.488 e. The molecule has 3 rings (SSSR count). The third kappa shape index (κ3) is 5.79. The lowest BCUT2D eigenvalue weighted by Gasteiger charge is -2.31. The Morgan fingerprint density at radius 2 is 1.83 bits per heavy atom. The molecule has 0 radical (unpaired) electrons. The molecule has 2 aromatic carbocycles. The number of aliphatic hydroxyl groups excluding tert-OH is 1. The van der Waals surface area contributed by atoms with Gasteiger partial charge in [0.15, 0.2) is 6.29 Å². The fourth-order valence-electron chi connectivity index (χ4n) is 3.48. The molecule has 156 valence electrons. The molecule has 1 heterocycles. The highest BCUT2D eigenvalue weighted by Gasteiger charge is 2.29. The van der Waals surface area contributed by atoms with Gasteiger partial charge in [-0.3, -0.25) is 0 Å². The summed E-state index contributed by atoms with van der Waals surface area (Å²) < 4.78 is 22.2. The number of hydrogen-bond acceptors (Lipinski definition) is 6. The van der Waals surface area contributed by atoms with Crippen LogP contribution in [0, 0.1) is 13.8 Å². The Labute approximate surface area is 171 Å². The molecule has 3 unspecified atom stereocenters. The first kappa shape index (κ1) is 21.3. The summed E-state index contributed by atoms with van der Waals surface area (Å²) in [6.07, 6.45) is -0.555. The molecule has 29 heavy (non-hydrogen) atoms. The Bertz CT molecular complexity index is 796. The van der Waals surface area contributed by atoms with Gasteiger partial charge in [-0.05, 0) is 42.7 Å². The van der Waals surface area contributed by atoms with E-state index >= 15 is 0 Å². The largest absolute Gasteiger partial charge is 0.488 e. The molecule has 2 aromatic rings. The number of ether oxygens (including phenoxy) is 4. The molecule has 1 aliphatic rings. The van der Waals surface area contributed by atoms with Crippen LogP contribution in [0.25, 0.3) is 0 Å². The van der Waals surface area contributed by atoms with Crippen molar-refractivity contribution in [3.63, 3.8) is 0 Å². The predicted molar refractivity (Wildman–Crippen MR) is 108 cm³/mol. The van der Waals surface area contributed by atoms with E-state index in [4.69, 9.17) is 18.9 Å². The number of hydrogen-bond donors (Lipinski definition) is 1. The van der Waals surface area contributed by atoms with Crippen LogP contribution in [0.2, 0.25) is 0 Å². The molecule has 1 N–H and O–H groups in total. The molecule has 0 spiro atoms. The van der Waals surface area contributed by atoms with E-state index in [2.05, 4.69) is 0 Å². The first-order valence-corrected chi connectivity index (χ1v) is 9.77. The van der Waals surface area contributed by atoms with E-state index in [0.29, 0.717) is 25.0 Å². The van der Waals surface area contributed by atoms with Gasteiger partial charge in [0.05, 0.1) is 17.8 Å². The summed E-state index contributed by atoms with van der Waals surface area (Å²) in [6.45, 7) is 4.36. The molecule has 1 saturated heterocycles. The van der Waals surface area contributed by atoms with Gasteiger partial charge in [-0.1, -0.05) is 30.3 Å². The molecule has 3 atom stereocenters.